The molecule has 3 aromatic rings. The van der Waals surface area contributed by atoms with E-state index in [2.05, 4.69) is 15.3 Å². The molecule has 0 aliphatic carbocycles. The molecule has 1 heterocycles. The molecule has 0 aliphatic rings. The molecule has 4 N–H and O–H groups in total. The fraction of sp³-hybridized carbons (Fsp3) is 0.176. The van der Waals surface area contributed by atoms with Crippen molar-refractivity contribution in [1.29, 1.82) is 5.41 Å². The molecule has 3 rings (SSSR count). The van der Waals surface area contributed by atoms with Crippen molar-refractivity contribution in [1.82, 2.24) is 15.3 Å². The van der Waals surface area contributed by atoms with Gasteiger partial charge in [-0.15, -0.1) is 0 Å². The highest BCUT2D eigenvalue weighted by atomic mass is 35.5. The maximum Gasteiger partial charge on any atom is 0.186 e. The summed E-state index contributed by atoms with van der Waals surface area (Å²) in [6.07, 6.45) is 0.426. The summed E-state index contributed by atoms with van der Waals surface area (Å²) in [6, 6.07) is 4.10. The molecular formula is C17H15ClF3N5O. The average Bonchev–Trinajstić information content (AvgIpc) is 3.08. The number of nitrogens with one attached hydrogen (secondary N) is 3. The van der Waals surface area contributed by atoms with Crippen molar-refractivity contribution >= 4 is 34.2 Å². The quantitative estimate of drug-likeness (QED) is 0.301. The van der Waals surface area contributed by atoms with E-state index in [0.717, 1.165) is 18.2 Å². The highest BCUT2D eigenvalue weighted by Gasteiger charge is 2.22. The Kier molecular flexibility index (Phi) is 5.36. The molecule has 6 nitrogen and oxygen atoms in total. The summed E-state index contributed by atoms with van der Waals surface area (Å²) in [5.41, 5.74) is -0.335. The number of benzene rings is 2. The summed E-state index contributed by atoms with van der Waals surface area (Å²) in [6.45, 7) is 0.552. The van der Waals surface area contributed by atoms with Crippen LogP contribution in [-0.4, -0.2) is 34.6 Å². The lowest BCUT2D eigenvalue weighted by molar-refractivity contribution is 0.312. The summed E-state index contributed by atoms with van der Waals surface area (Å²) in [7, 11) is 1.74. The van der Waals surface area contributed by atoms with E-state index < -0.39 is 23.3 Å². The number of hydroxylamine groups is 1. The lowest BCUT2D eigenvalue weighted by Gasteiger charge is -2.18. The molecule has 10 heteroatoms. The van der Waals surface area contributed by atoms with E-state index in [1.165, 1.54) is 6.07 Å². The van der Waals surface area contributed by atoms with E-state index in [0.29, 0.717) is 23.9 Å². The predicted octanol–water partition coefficient (Wildman–Crippen LogP) is 3.62. The van der Waals surface area contributed by atoms with Gasteiger partial charge in [-0.05, 0) is 31.3 Å². The Morgan fingerprint density at radius 1 is 1.30 bits per heavy atom. The summed E-state index contributed by atoms with van der Waals surface area (Å²) < 4.78 is 41.4. The molecule has 0 saturated carbocycles. The largest absolute Gasteiger partial charge is 0.341 e. The van der Waals surface area contributed by atoms with Crippen molar-refractivity contribution in [3.8, 4) is 0 Å². The van der Waals surface area contributed by atoms with Crippen LogP contribution in [0.5, 0.6) is 0 Å². The number of hydrogen-bond acceptors (Lipinski definition) is 4. The van der Waals surface area contributed by atoms with Gasteiger partial charge in [0.1, 0.15) is 17.2 Å². The number of amidine groups is 1. The van der Waals surface area contributed by atoms with E-state index >= 15 is 0 Å². The molecule has 0 spiro atoms. The van der Waals surface area contributed by atoms with Crippen LogP contribution in [0.4, 0.5) is 18.9 Å². The van der Waals surface area contributed by atoms with Crippen LogP contribution in [0.25, 0.3) is 11.0 Å². The Labute approximate surface area is 157 Å². The Morgan fingerprint density at radius 3 is 2.70 bits per heavy atom. The lowest BCUT2D eigenvalue weighted by Crippen LogP contribution is -2.27. The minimum atomic E-state index is -1.21. The van der Waals surface area contributed by atoms with Gasteiger partial charge < -0.3 is 10.3 Å². The molecule has 0 fully saturated rings. The number of aromatic nitrogens is 2. The molecule has 0 saturated heterocycles. The Bertz CT molecular complexity index is 1020. The highest BCUT2D eigenvalue weighted by Crippen LogP contribution is 2.27. The molecule has 0 unspecified atom stereocenters. The molecule has 1 aromatic heterocycles. The van der Waals surface area contributed by atoms with Gasteiger partial charge in [0.15, 0.2) is 17.5 Å². The van der Waals surface area contributed by atoms with Crippen LogP contribution in [0, 0.1) is 22.9 Å². The van der Waals surface area contributed by atoms with E-state index in [9.17, 15) is 18.4 Å². The maximum atomic E-state index is 14.1. The molecule has 0 bridgehead atoms. The number of hydrogen-bond donors (Lipinski definition) is 4. The first-order valence-corrected chi connectivity index (χ1v) is 8.25. The molecule has 0 aliphatic heterocycles. The molecule has 0 radical (unpaired) electrons. The minimum Gasteiger partial charge on any atom is -0.341 e. The van der Waals surface area contributed by atoms with Gasteiger partial charge in [0.25, 0.3) is 0 Å². The first-order valence-electron chi connectivity index (χ1n) is 7.87. The first kappa shape index (κ1) is 19.2. The van der Waals surface area contributed by atoms with Crippen LogP contribution in [0.15, 0.2) is 24.3 Å². The van der Waals surface area contributed by atoms with Gasteiger partial charge >= 0.3 is 0 Å². The molecule has 2 aromatic carbocycles. The summed E-state index contributed by atoms with van der Waals surface area (Å²) >= 11 is 5.69. The van der Waals surface area contributed by atoms with Crippen molar-refractivity contribution in [2.45, 2.75) is 6.42 Å². The molecular weight excluding hydrogens is 383 g/mol. The van der Waals surface area contributed by atoms with Crippen LogP contribution in [0.2, 0.25) is 5.02 Å². The Hall–Kier alpha value is -2.62. The zero-order valence-corrected chi connectivity index (χ0v) is 14.8. The fourth-order valence-electron chi connectivity index (χ4n) is 2.56. The van der Waals surface area contributed by atoms with Gasteiger partial charge in [-0.2, -0.15) is 0 Å². The summed E-state index contributed by atoms with van der Waals surface area (Å²) in [5.74, 6) is -3.22. The summed E-state index contributed by atoms with van der Waals surface area (Å²) in [5, 5.41) is 21.5. The van der Waals surface area contributed by atoms with Crippen LogP contribution >= 0.6 is 11.6 Å². The predicted molar refractivity (Wildman–Crippen MR) is 96.1 cm³/mol. The summed E-state index contributed by atoms with van der Waals surface area (Å²) in [4.78, 5) is 6.89. The third-order valence-corrected chi connectivity index (χ3v) is 4.23. The maximum absolute atomic E-state index is 14.1. The fourth-order valence-corrected chi connectivity index (χ4v) is 2.73. The van der Waals surface area contributed by atoms with E-state index in [1.54, 1.807) is 7.05 Å². The zero-order chi connectivity index (χ0) is 19.7. The smallest absolute Gasteiger partial charge is 0.186 e. The second-order valence-corrected chi connectivity index (χ2v) is 6.15. The van der Waals surface area contributed by atoms with Crippen molar-refractivity contribution in [3.05, 3.63) is 58.1 Å². The number of anilines is 1. The number of likely N-dealkylation sites (N-methyl/N-ethyl adjacent to an activating group) is 1. The third-order valence-electron chi connectivity index (χ3n) is 3.94. The topological polar surface area (TPSA) is 88.0 Å². The van der Waals surface area contributed by atoms with Crippen LogP contribution in [0.3, 0.4) is 0 Å². The second-order valence-electron chi connectivity index (χ2n) is 5.74. The number of imidazole rings is 1. The number of halogens is 4. The van der Waals surface area contributed by atoms with Crippen molar-refractivity contribution in [2.24, 2.45) is 0 Å². The molecule has 142 valence electrons. The van der Waals surface area contributed by atoms with E-state index in [4.69, 9.17) is 17.0 Å². The van der Waals surface area contributed by atoms with Gasteiger partial charge in [-0.25, -0.2) is 23.2 Å². The first-order chi connectivity index (χ1) is 12.8. The van der Waals surface area contributed by atoms with Crippen LogP contribution in [0.1, 0.15) is 11.4 Å². The van der Waals surface area contributed by atoms with Crippen molar-refractivity contribution in [3.63, 3.8) is 0 Å². The van der Waals surface area contributed by atoms with Crippen LogP contribution in [-0.2, 0) is 6.42 Å². The monoisotopic (exact) mass is 397 g/mol. The van der Waals surface area contributed by atoms with Crippen molar-refractivity contribution in [2.75, 3.05) is 18.7 Å². The molecule has 0 atom stereocenters. The van der Waals surface area contributed by atoms with Gasteiger partial charge in [-0.1, -0.05) is 11.6 Å². The molecule has 27 heavy (non-hydrogen) atoms. The number of aromatic amines is 1. The normalized spacial score (nSPS) is 11.2. The number of rotatable bonds is 5. The molecule has 0 amide bonds. The zero-order valence-electron chi connectivity index (χ0n) is 14.1. The van der Waals surface area contributed by atoms with Gasteiger partial charge in [0.05, 0.1) is 16.2 Å². The second kappa shape index (κ2) is 7.55. The average molecular weight is 398 g/mol. The third kappa shape index (κ3) is 3.61. The van der Waals surface area contributed by atoms with E-state index in [1.807, 2.05) is 0 Å². The Balaban J connectivity index is 2.06. The van der Waals surface area contributed by atoms with E-state index in [-0.39, 0.29) is 27.3 Å². The number of nitrogens with zero attached hydrogens (tertiary/aromatic N) is 2. The highest BCUT2D eigenvalue weighted by molar-refractivity contribution is 6.31. The minimum absolute atomic E-state index is 0.0146. The Morgan fingerprint density at radius 2 is 2.04 bits per heavy atom. The lowest BCUT2D eigenvalue weighted by atomic mass is 10.1. The van der Waals surface area contributed by atoms with Crippen LogP contribution < -0.4 is 10.4 Å². The standard InChI is InChI=1S/C17H15ClF3N5O/c1-23-5-4-13-24-15-9(7-12(20)14(21)16(15)25-13)17(22)26(27)8-2-3-11(19)10(18)6-8/h2-3,6-7,22-23,27H,4-5H2,1H3,(H,24,25). The van der Waals surface area contributed by atoms with Crippen molar-refractivity contribution < 1.29 is 18.4 Å². The van der Waals surface area contributed by atoms with Gasteiger partial charge in [0, 0.05) is 18.5 Å². The number of H-pyrrole nitrogens is 1. The number of fused-ring (bicyclic) bond motifs is 1. The van der Waals surface area contributed by atoms with Gasteiger partial charge in [-0.3, -0.25) is 10.6 Å². The SMILES string of the molecule is CNCCc1nc2c(F)c(F)cc(C(=N)N(O)c3ccc(F)c(Cl)c3)c2[nH]1. The van der Waals surface area contributed by atoms with Gasteiger partial charge in [0.2, 0.25) is 0 Å².